The van der Waals surface area contributed by atoms with Crippen molar-refractivity contribution in [3.05, 3.63) is 71.1 Å². The van der Waals surface area contributed by atoms with Crippen LogP contribution in [0.15, 0.2) is 36.8 Å². The molecule has 0 saturated carbocycles. The molecule has 3 rings (SSSR count). The van der Waals surface area contributed by atoms with Crippen LogP contribution in [0.5, 0.6) is 0 Å². The maximum atomic E-state index is 13.6. The first-order chi connectivity index (χ1) is 12.0. The van der Waals surface area contributed by atoms with Gasteiger partial charge in [0.1, 0.15) is 5.69 Å². The van der Waals surface area contributed by atoms with Crippen LogP contribution in [0, 0.1) is 31.5 Å². The van der Waals surface area contributed by atoms with Crippen molar-refractivity contribution >= 4 is 5.91 Å². The molecule has 0 aromatic carbocycles. The second kappa shape index (κ2) is 6.53. The second-order valence-electron chi connectivity index (χ2n) is 5.33. The summed E-state index contributed by atoms with van der Waals surface area (Å²) in [7, 11) is 0. The Bertz CT molecular complexity index is 1010. The van der Waals surface area contributed by atoms with Gasteiger partial charge in [0.25, 0.3) is 5.91 Å². The number of hydrogen-bond acceptors (Lipinski definition) is 4. The van der Waals surface area contributed by atoms with Crippen molar-refractivity contribution in [1.29, 1.82) is 0 Å². The number of aromatic nitrogens is 4. The molecule has 0 aliphatic heterocycles. The molecule has 0 aliphatic carbocycles. The number of aryl methyl sites for hydroxylation is 1. The van der Waals surface area contributed by atoms with Gasteiger partial charge in [0.15, 0.2) is 5.82 Å². The summed E-state index contributed by atoms with van der Waals surface area (Å²) in [6, 6.07) is 5.09. The molecule has 1 amide bonds. The maximum Gasteiger partial charge on any atom is 0.285 e. The van der Waals surface area contributed by atoms with Crippen molar-refractivity contribution in [2.24, 2.45) is 5.73 Å². The summed E-state index contributed by atoms with van der Waals surface area (Å²) in [5.41, 5.74) is 8.07. The maximum absolute atomic E-state index is 13.6. The van der Waals surface area contributed by atoms with Gasteiger partial charge >= 0.3 is 0 Å². The van der Waals surface area contributed by atoms with Crippen LogP contribution in [0.25, 0.3) is 5.69 Å². The first kappa shape index (κ1) is 16.3. The number of carbonyl (C=O) groups excluding carboxylic acids is 1. The van der Waals surface area contributed by atoms with Crippen molar-refractivity contribution in [1.82, 2.24) is 19.5 Å². The average molecular weight is 335 g/mol. The van der Waals surface area contributed by atoms with E-state index in [4.69, 9.17) is 5.73 Å². The lowest BCUT2D eigenvalue weighted by atomic mass is 10.2. The quantitative estimate of drug-likeness (QED) is 0.725. The first-order valence-corrected chi connectivity index (χ1v) is 7.41. The third-order valence-corrected chi connectivity index (χ3v) is 3.57. The molecule has 2 N–H and O–H groups in total. The molecule has 0 spiro atoms. The smallest absolute Gasteiger partial charge is 0.285 e. The minimum Gasteiger partial charge on any atom is -0.363 e. The fraction of sp³-hybridized carbons (Fsp3) is 0.111. The molecule has 0 unspecified atom stereocenters. The number of nitrogens with two attached hydrogens (primary N) is 1. The van der Waals surface area contributed by atoms with Crippen molar-refractivity contribution < 1.29 is 9.18 Å². The lowest BCUT2D eigenvalue weighted by molar-refractivity contribution is 0.0988. The molecule has 6 nitrogen and oxygen atoms in total. The van der Waals surface area contributed by atoms with Crippen LogP contribution in [0.3, 0.4) is 0 Å². The Labute approximate surface area is 143 Å². The van der Waals surface area contributed by atoms with E-state index in [1.165, 1.54) is 12.3 Å². The Morgan fingerprint density at radius 2 is 2.00 bits per heavy atom. The van der Waals surface area contributed by atoms with Gasteiger partial charge in [-0.05, 0) is 38.0 Å². The molecule has 124 valence electrons. The predicted octanol–water partition coefficient (Wildman–Crippen LogP) is 1.92. The molecule has 3 aromatic rings. The Balaban J connectivity index is 2.12. The minimum absolute atomic E-state index is 0.0441. The average Bonchev–Trinajstić information content (AvgIpc) is 2.92. The highest BCUT2D eigenvalue weighted by Crippen LogP contribution is 2.17. The number of rotatable bonds is 2. The first-order valence-electron chi connectivity index (χ1n) is 7.41. The Morgan fingerprint density at radius 3 is 2.64 bits per heavy atom. The highest BCUT2D eigenvalue weighted by atomic mass is 19.1. The molecule has 0 bridgehead atoms. The van der Waals surface area contributed by atoms with Gasteiger partial charge in [-0.2, -0.15) is 0 Å². The standard InChI is InChI=1S/C18H14FN5O/c1-11-3-5-14(9-22-11)24-12(2)16(23-18(24)17(20)25)6-4-13-7-8-21-10-15(13)19/h3,5,7-10H,1-2H3,(H2,20,25). The second-order valence-corrected chi connectivity index (χ2v) is 5.33. The van der Waals surface area contributed by atoms with E-state index in [1.807, 2.05) is 19.1 Å². The Morgan fingerprint density at radius 1 is 1.20 bits per heavy atom. The summed E-state index contributed by atoms with van der Waals surface area (Å²) in [5.74, 6) is 4.32. The zero-order valence-corrected chi connectivity index (χ0v) is 13.6. The molecule has 0 atom stereocenters. The van der Waals surface area contributed by atoms with Crippen LogP contribution in [0.4, 0.5) is 4.39 Å². The molecule has 0 fully saturated rings. The zero-order chi connectivity index (χ0) is 18.0. The normalized spacial score (nSPS) is 10.2. The van der Waals surface area contributed by atoms with Crippen LogP contribution >= 0.6 is 0 Å². The monoisotopic (exact) mass is 335 g/mol. The minimum atomic E-state index is -0.688. The fourth-order valence-electron chi connectivity index (χ4n) is 2.30. The van der Waals surface area contributed by atoms with E-state index in [-0.39, 0.29) is 11.4 Å². The van der Waals surface area contributed by atoms with Crippen molar-refractivity contribution in [3.8, 4) is 17.5 Å². The van der Waals surface area contributed by atoms with Crippen LogP contribution in [-0.4, -0.2) is 25.4 Å². The summed E-state index contributed by atoms with van der Waals surface area (Å²) in [6.07, 6.45) is 4.16. The van der Waals surface area contributed by atoms with Gasteiger partial charge < -0.3 is 5.73 Å². The van der Waals surface area contributed by atoms with Crippen molar-refractivity contribution in [3.63, 3.8) is 0 Å². The van der Waals surface area contributed by atoms with Gasteiger partial charge in [0.05, 0.1) is 29.3 Å². The van der Waals surface area contributed by atoms with Gasteiger partial charge in [-0.3, -0.25) is 19.3 Å². The number of hydrogen-bond donors (Lipinski definition) is 1. The van der Waals surface area contributed by atoms with Gasteiger partial charge in [0.2, 0.25) is 5.82 Å². The van der Waals surface area contributed by atoms with Crippen LogP contribution in [0.1, 0.15) is 33.3 Å². The van der Waals surface area contributed by atoms with Gasteiger partial charge in [0, 0.05) is 11.9 Å². The molecular weight excluding hydrogens is 321 g/mol. The SMILES string of the molecule is Cc1ccc(-n2c(C(N)=O)nc(C#Cc3ccncc3F)c2C)cn1. The van der Waals surface area contributed by atoms with Gasteiger partial charge in [-0.15, -0.1) is 0 Å². The molecule has 0 radical (unpaired) electrons. The molecule has 7 heteroatoms. The largest absolute Gasteiger partial charge is 0.363 e. The Hall–Kier alpha value is -3.53. The van der Waals surface area contributed by atoms with Crippen LogP contribution in [0.2, 0.25) is 0 Å². The topological polar surface area (TPSA) is 86.7 Å². The lowest BCUT2D eigenvalue weighted by Crippen LogP contribution is -2.18. The number of imidazole rings is 1. The highest BCUT2D eigenvalue weighted by molar-refractivity contribution is 5.90. The van der Waals surface area contributed by atoms with Gasteiger partial charge in [-0.1, -0.05) is 5.92 Å². The molecule has 3 aromatic heterocycles. The summed E-state index contributed by atoms with van der Waals surface area (Å²) >= 11 is 0. The lowest BCUT2D eigenvalue weighted by Gasteiger charge is -2.07. The summed E-state index contributed by atoms with van der Waals surface area (Å²) in [5, 5.41) is 0. The molecule has 3 heterocycles. The zero-order valence-electron chi connectivity index (χ0n) is 13.6. The van der Waals surface area contributed by atoms with E-state index in [0.29, 0.717) is 17.1 Å². The number of amides is 1. The fourth-order valence-corrected chi connectivity index (χ4v) is 2.30. The van der Waals surface area contributed by atoms with E-state index < -0.39 is 11.7 Å². The van der Waals surface area contributed by atoms with E-state index >= 15 is 0 Å². The third-order valence-electron chi connectivity index (χ3n) is 3.57. The summed E-state index contributed by atoms with van der Waals surface area (Å²) in [6.45, 7) is 3.62. The van der Waals surface area contributed by atoms with Crippen molar-refractivity contribution in [2.45, 2.75) is 13.8 Å². The summed E-state index contributed by atoms with van der Waals surface area (Å²) < 4.78 is 15.2. The number of primary amides is 1. The number of halogens is 1. The van der Waals surface area contributed by atoms with Crippen LogP contribution < -0.4 is 5.73 Å². The van der Waals surface area contributed by atoms with Crippen LogP contribution in [-0.2, 0) is 0 Å². The van der Waals surface area contributed by atoms with E-state index in [9.17, 15) is 9.18 Å². The number of pyridine rings is 2. The van der Waals surface area contributed by atoms with E-state index in [1.54, 1.807) is 17.7 Å². The highest BCUT2D eigenvalue weighted by Gasteiger charge is 2.18. The number of carbonyl (C=O) groups is 1. The van der Waals surface area contributed by atoms with Gasteiger partial charge in [-0.25, -0.2) is 9.37 Å². The molecule has 25 heavy (non-hydrogen) atoms. The third kappa shape index (κ3) is 3.23. The predicted molar refractivity (Wildman–Crippen MR) is 89.5 cm³/mol. The molecule has 0 saturated heterocycles. The van der Waals surface area contributed by atoms with E-state index in [0.717, 1.165) is 11.9 Å². The molecular formula is C18H14FN5O. The Kier molecular flexibility index (Phi) is 4.27. The molecule has 0 aliphatic rings. The summed E-state index contributed by atoms with van der Waals surface area (Å²) in [4.78, 5) is 23.9. The number of nitrogens with zero attached hydrogens (tertiary/aromatic N) is 4. The van der Waals surface area contributed by atoms with Crippen molar-refractivity contribution in [2.75, 3.05) is 0 Å². The van der Waals surface area contributed by atoms with E-state index in [2.05, 4.69) is 26.8 Å².